The highest BCUT2D eigenvalue weighted by Crippen LogP contribution is 2.30. The molecular weight excluding hydrogens is 405 g/mol. The summed E-state index contributed by atoms with van der Waals surface area (Å²) in [6, 6.07) is 5.53. The summed E-state index contributed by atoms with van der Waals surface area (Å²) in [6.45, 7) is 2.45. The zero-order valence-corrected chi connectivity index (χ0v) is 14.0. The fourth-order valence-electron chi connectivity index (χ4n) is 1.44. The maximum atomic E-state index is 6.13. The summed E-state index contributed by atoms with van der Waals surface area (Å²) in [5.74, 6) is 0.793. The molecule has 0 aliphatic rings. The lowest BCUT2D eigenvalue weighted by molar-refractivity contribution is 0.494. The summed E-state index contributed by atoms with van der Waals surface area (Å²) in [6.07, 6.45) is 0. The fourth-order valence-corrected chi connectivity index (χ4v) is 2.55. The molecule has 1 aromatic heterocycles. The zero-order valence-electron chi connectivity index (χ0n) is 9.36. The molecule has 2 nitrogen and oxygen atoms in total. The molecule has 96 valence electrons. The predicted molar refractivity (Wildman–Crippen MR) is 82.6 cm³/mol. The zero-order chi connectivity index (χ0) is 13.3. The monoisotopic (exact) mass is 411 g/mol. The van der Waals surface area contributed by atoms with Gasteiger partial charge in [0, 0.05) is 5.02 Å². The number of rotatable bonds is 3. The van der Waals surface area contributed by atoms with Crippen molar-refractivity contribution >= 4 is 60.7 Å². The predicted octanol–water partition coefficient (Wildman–Crippen LogP) is 6.03. The molecule has 2 aromatic rings. The average molecular weight is 414 g/mol. The van der Waals surface area contributed by atoms with Gasteiger partial charge in [-0.05, 0) is 62.5 Å². The highest BCUT2D eigenvalue weighted by Gasteiger charge is 2.08. The Hall–Kier alpha value is -0.160. The van der Waals surface area contributed by atoms with Crippen molar-refractivity contribution in [1.82, 2.24) is 0 Å². The molecule has 0 fully saturated rings. The number of benzene rings is 1. The molecule has 0 bridgehead atoms. The lowest BCUT2D eigenvalue weighted by Crippen LogP contribution is -1.99. The van der Waals surface area contributed by atoms with Crippen LogP contribution in [0, 0.1) is 6.92 Å². The second-order valence-corrected chi connectivity index (χ2v) is 6.16. The van der Waals surface area contributed by atoms with Gasteiger partial charge in [-0.15, -0.1) is 0 Å². The Kier molecular flexibility index (Phi) is 4.64. The lowest BCUT2D eigenvalue weighted by Gasteiger charge is -2.09. The van der Waals surface area contributed by atoms with Gasteiger partial charge in [-0.2, -0.15) is 0 Å². The molecule has 0 atom stereocenters. The fraction of sp³-hybridized carbons (Fsp3) is 0.167. The number of anilines is 1. The first-order chi connectivity index (χ1) is 8.47. The molecule has 0 saturated carbocycles. The Bertz CT molecular complexity index is 564. The number of hydrogen-bond donors (Lipinski definition) is 1. The lowest BCUT2D eigenvalue weighted by atomic mass is 10.2. The smallest absolute Gasteiger partial charge is 0.183 e. The maximum Gasteiger partial charge on any atom is 0.183 e. The molecule has 6 heteroatoms. The first-order valence-electron chi connectivity index (χ1n) is 5.10. The molecule has 0 saturated heterocycles. The van der Waals surface area contributed by atoms with Gasteiger partial charge in [0.1, 0.15) is 5.76 Å². The molecule has 1 aromatic carbocycles. The first-order valence-corrected chi connectivity index (χ1v) is 7.45. The van der Waals surface area contributed by atoms with Crippen LogP contribution in [0.1, 0.15) is 11.3 Å². The van der Waals surface area contributed by atoms with Crippen LogP contribution < -0.4 is 5.32 Å². The van der Waals surface area contributed by atoms with E-state index in [4.69, 9.17) is 27.6 Å². The van der Waals surface area contributed by atoms with Gasteiger partial charge in [0.2, 0.25) is 0 Å². The number of furan rings is 1. The highest BCUT2D eigenvalue weighted by molar-refractivity contribution is 9.13. The van der Waals surface area contributed by atoms with Gasteiger partial charge in [-0.1, -0.05) is 23.2 Å². The summed E-state index contributed by atoms with van der Waals surface area (Å²) >= 11 is 18.8. The third kappa shape index (κ3) is 3.23. The normalized spacial score (nSPS) is 10.7. The summed E-state index contributed by atoms with van der Waals surface area (Å²) in [4.78, 5) is 0. The second kappa shape index (κ2) is 5.87. The van der Waals surface area contributed by atoms with Crippen molar-refractivity contribution in [1.29, 1.82) is 0 Å². The van der Waals surface area contributed by atoms with E-state index in [1.54, 1.807) is 0 Å². The molecule has 0 spiro atoms. The molecule has 1 N–H and O–H groups in total. The van der Waals surface area contributed by atoms with Gasteiger partial charge in [-0.25, -0.2) is 0 Å². The molecule has 0 aliphatic heterocycles. The van der Waals surface area contributed by atoms with Crippen LogP contribution in [0.2, 0.25) is 10.0 Å². The average Bonchev–Trinajstić information content (AvgIpc) is 2.62. The summed E-state index contributed by atoms with van der Waals surface area (Å²) in [5, 5.41) is 4.51. The molecule has 0 unspecified atom stereocenters. The maximum absolute atomic E-state index is 6.13. The Morgan fingerprint density at radius 2 is 1.89 bits per heavy atom. The minimum atomic E-state index is 0.531. The van der Waals surface area contributed by atoms with Gasteiger partial charge >= 0.3 is 0 Å². The van der Waals surface area contributed by atoms with Gasteiger partial charge in [-0.3, -0.25) is 0 Å². The van der Waals surface area contributed by atoms with Gasteiger partial charge in [0.05, 0.1) is 21.7 Å². The molecule has 18 heavy (non-hydrogen) atoms. The Balaban J connectivity index is 2.13. The number of halogens is 4. The molecule has 0 amide bonds. The van der Waals surface area contributed by atoms with E-state index in [9.17, 15) is 0 Å². The van der Waals surface area contributed by atoms with Crippen LogP contribution in [0.5, 0.6) is 0 Å². The Morgan fingerprint density at radius 3 is 2.50 bits per heavy atom. The summed E-state index contributed by atoms with van der Waals surface area (Å²) in [5.41, 5.74) is 1.74. The van der Waals surface area contributed by atoms with E-state index in [2.05, 4.69) is 37.2 Å². The van der Waals surface area contributed by atoms with Crippen molar-refractivity contribution in [3.8, 4) is 0 Å². The Labute approximate surface area is 132 Å². The van der Waals surface area contributed by atoms with Gasteiger partial charge in [0.15, 0.2) is 4.67 Å². The number of hydrogen-bond acceptors (Lipinski definition) is 2. The summed E-state index contributed by atoms with van der Waals surface area (Å²) in [7, 11) is 0. The van der Waals surface area contributed by atoms with Crippen LogP contribution in [-0.4, -0.2) is 0 Å². The summed E-state index contributed by atoms with van der Waals surface area (Å²) < 4.78 is 7.02. The highest BCUT2D eigenvalue weighted by atomic mass is 79.9. The number of nitrogens with one attached hydrogen (secondary N) is 1. The van der Waals surface area contributed by atoms with Crippen LogP contribution >= 0.6 is 55.1 Å². The van der Waals surface area contributed by atoms with Crippen LogP contribution in [0.15, 0.2) is 31.8 Å². The van der Waals surface area contributed by atoms with Crippen molar-refractivity contribution < 1.29 is 4.42 Å². The molecule has 0 radical (unpaired) electrons. The largest absolute Gasteiger partial charge is 0.451 e. The van der Waals surface area contributed by atoms with Crippen molar-refractivity contribution in [2.45, 2.75) is 13.5 Å². The number of aryl methyl sites for hydroxylation is 1. The van der Waals surface area contributed by atoms with Crippen molar-refractivity contribution in [3.05, 3.63) is 48.7 Å². The van der Waals surface area contributed by atoms with Crippen LogP contribution in [0.4, 0.5) is 5.69 Å². The first kappa shape index (κ1) is 14.3. The van der Waals surface area contributed by atoms with Gasteiger partial charge in [0.25, 0.3) is 0 Å². The standard InChI is InChI=1S/C12H9Br2Cl2NO/c1-6-2-10(16)11(4-9(6)15)17-5-7-3-8(13)12(14)18-7/h2-4,17H,5H2,1H3. The molecule has 0 aliphatic carbocycles. The van der Waals surface area contributed by atoms with Crippen LogP contribution in [0.3, 0.4) is 0 Å². The van der Waals surface area contributed by atoms with E-state index in [1.807, 2.05) is 25.1 Å². The van der Waals surface area contributed by atoms with Crippen LogP contribution in [-0.2, 0) is 6.54 Å². The van der Waals surface area contributed by atoms with Crippen molar-refractivity contribution in [3.63, 3.8) is 0 Å². The molecule has 2 rings (SSSR count). The third-order valence-corrected chi connectivity index (χ3v) is 4.83. The van der Waals surface area contributed by atoms with E-state index in [0.717, 1.165) is 21.5 Å². The van der Waals surface area contributed by atoms with E-state index in [1.165, 1.54) is 0 Å². The van der Waals surface area contributed by atoms with Gasteiger partial charge < -0.3 is 9.73 Å². The minimum absolute atomic E-state index is 0.531. The topological polar surface area (TPSA) is 25.2 Å². The second-order valence-electron chi connectivity index (χ2n) is 3.77. The molecular formula is C12H9Br2Cl2NO. The van der Waals surface area contributed by atoms with Crippen molar-refractivity contribution in [2.75, 3.05) is 5.32 Å². The Morgan fingerprint density at radius 1 is 1.17 bits per heavy atom. The van der Waals surface area contributed by atoms with Crippen LogP contribution in [0.25, 0.3) is 0 Å². The minimum Gasteiger partial charge on any atom is -0.451 e. The quantitative estimate of drug-likeness (QED) is 0.664. The molecule has 1 heterocycles. The third-order valence-electron chi connectivity index (χ3n) is 2.40. The van der Waals surface area contributed by atoms with E-state index < -0.39 is 0 Å². The van der Waals surface area contributed by atoms with Crippen molar-refractivity contribution in [2.24, 2.45) is 0 Å². The van der Waals surface area contributed by atoms with E-state index >= 15 is 0 Å². The SMILES string of the molecule is Cc1cc(Cl)c(NCc2cc(Br)c(Br)o2)cc1Cl. The van der Waals surface area contributed by atoms with E-state index in [0.29, 0.717) is 21.3 Å². The van der Waals surface area contributed by atoms with E-state index in [-0.39, 0.29) is 0 Å².